The van der Waals surface area contributed by atoms with Gasteiger partial charge in [0.05, 0.1) is 11.4 Å². The van der Waals surface area contributed by atoms with E-state index in [0.29, 0.717) is 0 Å². The van der Waals surface area contributed by atoms with Crippen molar-refractivity contribution in [1.29, 1.82) is 0 Å². The van der Waals surface area contributed by atoms with Gasteiger partial charge in [0.1, 0.15) is 0 Å². The third-order valence-corrected chi connectivity index (χ3v) is 2.12. The zero-order valence-corrected chi connectivity index (χ0v) is 9.39. The summed E-state index contributed by atoms with van der Waals surface area (Å²) in [5.74, 6) is 0. The van der Waals surface area contributed by atoms with E-state index in [4.69, 9.17) is 0 Å². The number of dihydropyridines is 1. The average Bonchev–Trinajstić information content (AvgIpc) is 2.22. The highest BCUT2D eigenvalue weighted by molar-refractivity contribution is 5.41. The molecular weight excluding hydrogens is 174 g/mol. The van der Waals surface area contributed by atoms with Crippen LogP contribution in [0.25, 0.3) is 0 Å². The van der Waals surface area contributed by atoms with Gasteiger partial charge in [-0.05, 0) is 18.6 Å². The highest BCUT2D eigenvalue weighted by Gasteiger charge is 2.14. The van der Waals surface area contributed by atoms with Gasteiger partial charge in [0.2, 0.25) is 0 Å². The van der Waals surface area contributed by atoms with Crippen molar-refractivity contribution in [1.82, 2.24) is 15.8 Å². The molecule has 0 atom stereocenters. The monoisotopic (exact) mass is 193 g/mol. The van der Waals surface area contributed by atoms with Gasteiger partial charge in [0, 0.05) is 19.8 Å². The fourth-order valence-electron chi connectivity index (χ4n) is 1.41. The molecule has 78 valence electrons. The molecule has 0 spiro atoms. The smallest absolute Gasteiger partial charge is 0.0800 e. The van der Waals surface area contributed by atoms with Crippen LogP contribution in [0.15, 0.2) is 35.3 Å². The molecule has 0 radical (unpaired) electrons. The minimum absolute atomic E-state index is 0.931. The first-order chi connectivity index (χ1) is 6.77. The molecule has 0 aromatic heterocycles. The van der Waals surface area contributed by atoms with Gasteiger partial charge in [-0.25, -0.2) is 0 Å². The number of allylic oxidation sites excluding steroid dienone is 2. The van der Waals surface area contributed by atoms with Gasteiger partial charge in [0.25, 0.3) is 0 Å². The largest absolute Gasteiger partial charge is 0.380 e. The molecular formula is C11H19N3. The number of hydrogen-bond donors (Lipinski definition) is 2. The summed E-state index contributed by atoms with van der Waals surface area (Å²) in [5.41, 5.74) is 6.94. The zero-order chi connectivity index (χ0) is 10.6. The quantitative estimate of drug-likeness (QED) is 0.613. The summed E-state index contributed by atoms with van der Waals surface area (Å²) >= 11 is 0. The summed E-state index contributed by atoms with van der Waals surface area (Å²) in [7, 11) is 1.99. The molecule has 14 heavy (non-hydrogen) atoms. The topological polar surface area (TPSA) is 27.3 Å². The lowest BCUT2D eigenvalue weighted by Gasteiger charge is -2.29. The third-order valence-electron chi connectivity index (χ3n) is 2.12. The Balaban J connectivity index is 0.000000461. The second-order valence-corrected chi connectivity index (χ2v) is 3.10. The number of rotatable bonds is 0. The fraction of sp³-hybridized carbons (Fsp3) is 0.455. The van der Waals surface area contributed by atoms with Crippen LogP contribution in [0, 0.1) is 0 Å². The SMILES string of the molecule is CC.CC1=CCNC2=C1NN(C)C=C2. The molecule has 2 heterocycles. The Morgan fingerprint density at radius 2 is 2.07 bits per heavy atom. The summed E-state index contributed by atoms with van der Waals surface area (Å²) in [6.45, 7) is 7.05. The molecule has 0 aromatic carbocycles. The van der Waals surface area contributed by atoms with E-state index in [1.165, 1.54) is 17.0 Å². The summed E-state index contributed by atoms with van der Waals surface area (Å²) < 4.78 is 0. The maximum atomic E-state index is 3.30. The first kappa shape index (κ1) is 10.7. The van der Waals surface area contributed by atoms with E-state index in [2.05, 4.69) is 29.8 Å². The fourth-order valence-corrected chi connectivity index (χ4v) is 1.41. The van der Waals surface area contributed by atoms with E-state index in [0.717, 1.165) is 6.54 Å². The van der Waals surface area contributed by atoms with Crippen molar-refractivity contribution >= 4 is 0 Å². The van der Waals surface area contributed by atoms with Crippen LogP contribution in [0.3, 0.4) is 0 Å². The second-order valence-electron chi connectivity index (χ2n) is 3.10. The first-order valence-corrected chi connectivity index (χ1v) is 5.10. The summed E-state index contributed by atoms with van der Waals surface area (Å²) in [4.78, 5) is 0. The van der Waals surface area contributed by atoms with Crippen molar-refractivity contribution in [2.45, 2.75) is 20.8 Å². The summed E-state index contributed by atoms with van der Waals surface area (Å²) in [6, 6.07) is 0. The number of nitrogens with zero attached hydrogens (tertiary/aromatic N) is 1. The van der Waals surface area contributed by atoms with Crippen LogP contribution >= 0.6 is 0 Å². The summed E-state index contributed by atoms with van der Waals surface area (Å²) in [5, 5.41) is 5.25. The van der Waals surface area contributed by atoms with Crippen LogP contribution in [0.4, 0.5) is 0 Å². The molecule has 2 aliphatic rings. The number of hydrogen-bond acceptors (Lipinski definition) is 3. The van der Waals surface area contributed by atoms with E-state index in [1.807, 2.05) is 32.1 Å². The van der Waals surface area contributed by atoms with Gasteiger partial charge >= 0.3 is 0 Å². The molecule has 0 bridgehead atoms. The van der Waals surface area contributed by atoms with E-state index in [9.17, 15) is 0 Å². The molecule has 0 aliphatic carbocycles. The van der Waals surface area contributed by atoms with Crippen LogP contribution in [-0.4, -0.2) is 18.6 Å². The van der Waals surface area contributed by atoms with E-state index in [1.54, 1.807) is 0 Å². The predicted octanol–water partition coefficient (Wildman–Crippen LogP) is 1.74. The molecule has 2 rings (SSSR count). The highest BCUT2D eigenvalue weighted by Crippen LogP contribution is 2.17. The Morgan fingerprint density at radius 3 is 2.79 bits per heavy atom. The Bertz CT molecular complexity index is 287. The van der Waals surface area contributed by atoms with Crippen molar-refractivity contribution in [2.24, 2.45) is 0 Å². The van der Waals surface area contributed by atoms with Crippen molar-refractivity contribution in [3.8, 4) is 0 Å². The molecule has 0 aromatic rings. The molecule has 2 aliphatic heterocycles. The van der Waals surface area contributed by atoms with Gasteiger partial charge < -0.3 is 5.32 Å². The molecule has 0 saturated carbocycles. The predicted molar refractivity (Wildman–Crippen MR) is 60.2 cm³/mol. The van der Waals surface area contributed by atoms with E-state index in [-0.39, 0.29) is 0 Å². The highest BCUT2D eigenvalue weighted by atomic mass is 15.5. The van der Waals surface area contributed by atoms with Gasteiger partial charge in [-0.15, -0.1) is 0 Å². The minimum atomic E-state index is 0.931. The lowest BCUT2D eigenvalue weighted by molar-refractivity contribution is 0.361. The average molecular weight is 193 g/mol. The molecule has 3 heteroatoms. The van der Waals surface area contributed by atoms with Crippen LogP contribution < -0.4 is 10.7 Å². The van der Waals surface area contributed by atoms with E-state index >= 15 is 0 Å². The molecule has 2 N–H and O–H groups in total. The van der Waals surface area contributed by atoms with Crippen LogP contribution in [0.2, 0.25) is 0 Å². The van der Waals surface area contributed by atoms with Crippen LogP contribution in [0.1, 0.15) is 20.8 Å². The number of hydrazine groups is 1. The minimum Gasteiger partial charge on any atom is -0.380 e. The van der Waals surface area contributed by atoms with Crippen molar-refractivity contribution in [2.75, 3.05) is 13.6 Å². The number of nitrogens with one attached hydrogen (secondary N) is 2. The van der Waals surface area contributed by atoms with Crippen LogP contribution in [0.5, 0.6) is 0 Å². The molecule has 0 fully saturated rings. The molecule has 0 amide bonds. The maximum Gasteiger partial charge on any atom is 0.0800 e. The normalized spacial score (nSPS) is 18.6. The Hall–Kier alpha value is -1.38. The Kier molecular flexibility index (Phi) is 3.63. The lowest BCUT2D eigenvalue weighted by Crippen LogP contribution is -2.37. The molecule has 0 unspecified atom stereocenters. The zero-order valence-electron chi connectivity index (χ0n) is 9.39. The Morgan fingerprint density at radius 1 is 1.36 bits per heavy atom. The van der Waals surface area contributed by atoms with Gasteiger partial charge in [-0.2, -0.15) is 0 Å². The van der Waals surface area contributed by atoms with Gasteiger partial charge in [-0.1, -0.05) is 19.9 Å². The lowest BCUT2D eigenvalue weighted by atomic mass is 10.1. The standard InChI is InChI=1S/C9H13N3.C2H6/c1-7-3-5-10-8-4-6-12(2)11-9(7)8;1-2/h3-4,6,10-11H,5H2,1-2H3;1-2H3. The van der Waals surface area contributed by atoms with Crippen LogP contribution in [-0.2, 0) is 0 Å². The van der Waals surface area contributed by atoms with Crippen molar-refractivity contribution in [3.05, 3.63) is 35.3 Å². The second kappa shape index (κ2) is 4.74. The van der Waals surface area contributed by atoms with Crippen molar-refractivity contribution in [3.63, 3.8) is 0 Å². The van der Waals surface area contributed by atoms with E-state index < -0.39 is 0 Å². The first-order valence-electron chi connectivity index (χ1n) is 5.10. The molecule has 3 nitrogen and oxygen atoms in total. The summed E-state index contributed by atoms with van der Waals surface area (Å²) in [6.07, 6.45) is 6.27. The maximum absolute atomic E-state index is 3.30. The third kappa shape index (κ3) is 2.10. The molecule has 0 saturated heterocycles. The van der Waals surface area contributed by atoms with Gasteiger partial charge in [-0.3, -0.25) is 10.4 Å². The Labute approximate surface area is 86.1 Å². The van der Waals surface area contributed by atoms with Gasteiger partial charge in [0.15, 0.2) is 0 Å². The van der Waals surface area contributed by atoms with Crippen molar-refractivity contribution < 1.29 is 0 Å².